The van der Waals surface area contributed by atoms with Gasteiger partial charge in [-0.1, -0.05) is 24.3 Å². The standard InChI is InChI=1S/C16H19N3O2/c1-19-14(8-10-18-19)15(20)17-11-16(21)9-4-6-12-5-2-3-7-13(12)16/h2-3,5,7-8,10,21H,4,6,9,11H2,1H3,(H,17,20). The molecule has 1 amide bonds. The van der Waals surface area contributed by atoms with E-state index >= 15 is 0 Å². The largest absolute Gasteiger partial charge is 0.383 e. The number of carbonyl (C=O) groups excluding carboxylic acids is 1. The number of aryl methyl sites for hydroxylation is 2. The average Bonchev–Trinajstić information content (AvgIpc) is 2.92. The Morgan fingerprint density at radius 2 is 2.24 bits per heavy atom. The third-order valence-electron chi connectivity index (χ3n) is 4.15. The number of nitrogens with zero attached hydrogens (tertiary/aromatic N) is 2. The third-order valence-corrected chi connectivity index (χ3v) is 4.15. The van der Waals surface area contributed by atoms with E-state index in [4.69, 9.17) is 0 Å². The summed E-state index contributed by atoms with van der Waals surface area (Å²) in [4.78, 5) is 12.1. The number of rotatable bonds is 3. The van der Waals surface area contributed by atoms with Gasteiger partial charge < -0.3 is 10.4 Å². The zero-order valence-corrected chi connectivity index (χ0v) is 12.0. The predicted molar refractivity (Wildman–Crippen MR) is 78.8 cm³/mol. The number of hydrogen-bond acceptors (Lipinski definition) is 3. The normalized spacial score (nSPS) is 20.9. The minimum absolute atomic E-state index is 0.216. The number of carbonyl (C=O) groups is 1. The fourth-order valence-electron chi connectivity index (χ4n) is 3.00. The molecule has 3 rings (SSSR count). The number of amides is 1. The maximum Gasteiger partial charge on any atom is 0.269 e. The molecular formula is C16H19N3O2. The molecule has 0 aliphatic heterocycles. The predicted octanol–water partition coefficient (Wildman–Crippen LogP) is 1.37. The maximum absolute atomic E-state index is 12.1. The van der Waals surface area contributed by atoms with Crippen LogP contribution in [0.15, 0.2) is 36.5 Å². The minimum atomic E-state index is -0.983. The monoisotopic (exact) mass is 285 g/mol. The Morgan fingerprint density at radius 1 is 1.43 bits per heavy atom. The van der Waals surface area contributed by atoms with Crippen molar-refractivity contribution >= 4 is 5.91 Å². The molecule has 2 N–H and O–H groups in total. The van der Waals surface area contributed by atoms with E-state index in [1.54, 1.807) is 19.3 Å². The molecule has 5 nitrogen and oxygen atoms in total. The highest BCUT2D eigenvalue weighted by Crippen LogP contribution is 2.34. The van der Waals surface area contributed by atoms with Crippen molar-refractivity contribution in [1.82, 2.24) is 15.1 Å². The first kappa shape index (κ1) is 13.8. The molecule has 110 valence electrons. The van der Waals surface area contributed by atoms with Crippen LogP contribution in [0.25, 0.3) is 0 Å². The Hall–Kier alpha value is -2.14. The van der Waals surface area contributed by atoms with Gasteiger partial charge in [0.25, 0.3) is 5.91 Å². The van der Waals surface area contributed by atoms with Crippen LogP contribution in [-0.4, -0.2) is 27.3 Å². The maximum atomic E-state index is 12.1. The molecular weight excluding hydrogens is 266 g/mol. The zero-order valence-electron chi connectivity index (χ0n) is 12.0. The highest BCUT2D eigenvalue weighted by molar-refractivity contribution is 5.92. The molecule has 0 fully saturated rings. The van der Waals surface area contributed by atoms with Gasteiger partial charge in [-0.15, -0.1) is 0 Å². The fraction of sp³-hybridized carbons (Fsp3) is 0.375. The van der Waals surface area contributed by atoms with Crippen molar-refractivity contribution < 1.29 is 9.90 Å². The first-order chi connectivity index (χ1) is 10.1. The Kier molecular flexibility index (Phi) is 3.51. The van der Waals surface area contributed by atoms with Gasteiger partial charge in [0.05, 0.1) is 6.54 Å². The van der Waals surface area contributed by atoms with E-state index < -0.39 is 5.60 Å². The van der Waals surface area contributed by atoms with Crippen LogP contribution in [-0.2, 0) is 19.1 Å². The lowest BCUT2D eigenvalue weighted by Crippen LogP contribution is -2.43. The van der Waals surface area contributed by atoms with Crippen molar-refractivity contribution in [3.05, 3.63) is 53.3 Å². The molecule has 1 aliphatic carbocycles. The molecule has 1 heterocycles. The van der Waals surface area contributed by atoms with E-state index in [1.165, 1.54) is 10.2 Å². The molecule has 0 spiro atoms. The molecule has 2 aromatic rings. The van der Waals surface area contributed by atoms with Gasteiger partial charge in [0.1, 0.15) is 11.3 Å². The Morgan fingerprint density at radius 3 is 3.00 bits per heavy atom. The minimum Gasteiger partial charge on any atom is -0.383 e. The molecule has 1 aromatic heterocycles. The second-order valence-corrected chi connectivity index (χ2v) is 5.57. The van der Waals surface area contributed by atoms with Gasteiger partial charge in [0, 0.05) is 13.2 Å². The van der Waals surface area contributed by atoms with E-state index in [9.17, 15) is 9.90 Å². The Balaban J connectivity index is 1.76. The van der Waals surface area contributed by atoms with Gasteiger partial charge >= 0.3 is 0 Å². The quantitative estimate of drug-likeness (QED) is 0.895. The second-order valence-electron chi connectivity index (χ2n) is 5.57. The van der Waals surface area contributed by atoms with Crippen LogP contribution in [0.2, 0.25) is 0 Å². The van der Waals surface area contributed by atoms with Gasteiger partial charge in [0.15, 0.2) is 0 Å². The Labute approximate surface area is 123 Å². The van der Waals surface area contributed by atoms with Gasteiger partial charge in [-0.05, 0) is 36.5 Å². The summed E-state index contributed by atoms with van der Waals surface area (Å²) in [6.07, 6.45) is 4.15. The lowest BCUT2D eigenvalue weighted by molar-refractivity contribution is 0.0188. The summed E-state index contributed by atoms with van der Waals surface area (Å²) in [5, 5.41) is 17.7. The summed E-state index contributed by atoms with van der Waals surface area (Å²) in [5.41, 5.74) is 1.61. The molecule has 0 saturated carbocycles. The van der Waals surface area contributed by atoms with Crippen molar-refractivity contribution in [2.24, 2.45) is 7.05 Å². The van der Waals surface area contributed by atoms with Crippen LogP contribution < -0.4 is 5.32 Å². The lowest BCUT2D eigenvalue weighted by atomic mass is 9.79. The first-order valence-corrected chi connectivity index (χ1v) is 7.17. The molecule has 0 radical (unpaired) electrons. The SMILES string of the molecule is Cn1nccc1C(=O)NCC1(O)CCCc2ccccc21. The fourth-order valence-corrected chi connectivity index (χ4v) is 3.00. The van der Waals surface area contributed by atoms with Crippen molar-refractivity contribution in [2.75, 3.05) is 6.54 Å². The van der Waals surface area contributed by atoms with E-state index in [-0.39, 0.29) is 12.5 Å². The number of hydrogen-bond donors (Lipinski definition) is 2. The van der Waals surface area contributed by atoms with Gasteiger partial charge in [0.2, 0.25) is 0 Å². The molecule has 1 unspecified atom stereocenters. The number of aliphatic hydroxyl groups is 1. The van der Waals surface area contributed by atoms with Crippen LogP contribution >= 0.6 is 0 Å². The van der Waals surface area contributed by atoms with Crippen molar-refractivity contribution in [3.8, 4) is 0 Å². The van der Waals surface area contributed by atoms with E-state index in [2.05, 4.69) is 10.4 Å². The second kappa shape index (κ2) is 5.33. The topological polar surface area (TPSA) is 67.2 Å². The van der Waals surface area contributed by atoms with Crippen LogP contribution in [0.4, 0.5) is 0 Å². The number of fused-ring (bicyclic) bond motifs is 1. The third kappa shape index (κ3) is 2.56. The average molecular weight is 285 g/mol. The summed E-state index contributed by atoms with van der Waals surface area (Å²) >= 11 is 0. The molecule has 0 bridgehead atoms. The van der Waals surface area contributed by atoms with E-state index in [0.717, 1.165) is 18.4 Å². The lowest BCUT2D eigenvalue weighted by Gasteiger charge is -2.34. The molecule has 21 heavy (non-hydrogen) atoms. The smallest absolute Gasteiger partial charge is 0.269 e. The summed E-state index contributed by atoms with van der Waals surface area (Å²) in [6.45, 7) is 0.216. The van der Waals surface area contributed by atoms with Crippen LogP contribution in [0.3, 0.4) is 0 Å². The van der Waals surface area contributed by atoms with E-state index in [0.29, 0.717) is 12.1 Å². The van der Waals surface area contributed by atoms with Crippen LogP contribution in [0.1, 0.15) is 34.5 Å². The summed E-state index contributed by atoms with van der Waals surface area (Å²) < 4.78 is 1.52. The van der Waals surface area contributed by atoms with Crippen molar-refractivity contribution in [2.45, 2.75) is 24.9 Å². The molecule has 1 aromatic carbocycles. The molecule has 1 aliphatic rings. The zero-order chi connectivity index (χ0) is 14.9. The Bertz CT molecular complexity index is 665. The van der Waals surface area contributed by atoms with Gasteiger partial charge in [-0.3, -0.25) is 9.48 Å². The van der Waals surface area contributed by atoms with Crippen molar-refractivity contribution in [3.63, 3.8) is 0 Å². The van der Waals surface area contributed by atoms with Gasteiger partial charge in [-0.25, -0.2) is 0 Å². The number of benzene rings is 1. The summed E-state index contributed by atoms with van der Waals surface area (Å²) in [6, 6.07) is 9.57. The summed E-state index contributed by atoms with van der Waals surface area (Å²) in [7, 11) is 1.72. The number of aromatic nitrogens is 2. The summed E-state index contributed by atoms with van der Waals surface area (Å²) in [5.74, 6) is -0.216. The number of nitrogens with one attached hydrogen (secondary N) is 1. The van der Waals surface area contributed by atoms with Gasteiger partial charge in [-0.2, -0.15) is 5.10 Å². The highest BCUT2D eigenvalue weighted by atomic mass is 16.3. The van der Waals surface area contributed by atoms with Crippen molar-refractivity contribution in [1.29, 1.82) is 0 Å². The molecule has 0 saturated heterocycles. The molecule has 5 heteroatoms. The molecule has 1 atom stereocenters. The first-order valence-electron chi connectivity index (χ1n) is 7.17. The van der Waals surface area contributed by atoms with Crippen LogP contribution in [0, 0.1) is 0 Å². The van der Waals surface area contributed by atoms with E-state index in [1.807, 2.05) is 24.3 Å². The highest BCUT2D eigenvalue weighted by Gasteiger charge is 2.34. The van der Waals surface area contributed by atoms with Crippen LogP contribution in [0.5, 0.6) is 0 Å².